The Bertz CT molecular complexity index is 1940. The molecule has 3 aromatic rings. The summed E-state index contributed by atoms with van der Waals surface area (Å²) in [5.41, 5.74) is 15.0. The summed E-state index contributed by atoms with van der Waals surface area (Å²) in [7, 11) is 0. The lowest BCUT2D eigenvalue weighted by atomic mass is 10.0. The SMILES string of the molecule is C=CC(=O)Nc1cccc(Nc2nc(Nc3cccc(OCCCNC(=O)CCCC(=O)NCCCOCCOCCOCCCNC(=O)CCCCC4SCC(N)C4N)c3)ncc2C)c1. The molecule has 4 amide bonds. The van der Waals surface area contributed by atoms with E-state index >= 15 is 0 Å². The Balaban J connectivity index is 0.914. The molecule has 18 nitrogen and oxygen atoms in total. The second-order valence-corrected chi connectivity index (χ2v) is 17.1. The van der Waals surface area contributed by atoms with Gasteiger partial charge in [0.25, 0.3) is 0 Å². The van der Waals surface area contributed by atoms with E-state index in [1.807, 2.05) is 55.1 Å². The highest BCUT2D eigenvalue weighted by molar-refractivity contribution is 8.00. The number of ether oxygens (including phenoxy) is 4. The summed E-state index contributed by atoms with van der Waals surface area (Å²) in [6.45, 7) is 10.2. The van der Waals surface area contributed by atoms with Crippen molar-refractivity contribution in [2.24, 2.45) is 11.5 Å². The van der Waals surface area contributed by atoms with Gasteiger partial charge in [0.2, 0.25) is 29.6 Å². The van der Waals surface area contributed by atoms with Gasteiger partial charge in [-0.15, -0.1) is 0 Å². The molecule has 1 aromatic heterocycles. The number of thioether (sulfide) groups is 1. The monoisotopic (exact) mass is 935 g/mol. The summed E-state index contributed by atoms with van der Waals surface area (Å²) in [6, 6.07) is 14.9. The van der Waals surface area contributed by atoms with Crippen LogP contribution in [0.15, 0.2) is 67.4 Å². The first-order chi connectivity index (χ1) is 32.1. The fourth-order valence-electron chi connectivity index (χ4n) is 6.58. The van der Waals surface area contributed by atoms with Crippen molar-refractivity contribution >= 4 is 64.2 Å². The first-order valence-corrected chi connectivity index (χ1v) is 23.9. The van der Waals surface area contributed by atoms with Gasteiger partial charge < -0.3 is 62.3 Å². The lowest BCUT2D eigenvalue weighted by Gasteiger charge is -2.16. The van der Waals surface area contributed by atoms with Crippen LogP contribution in [0, 0.1) is 6.92 Å². The molecule has 1 aliphatic rings. The Hall–Kier alpha value is -5.31. The van der Waals surface area contributed by atoms with Gasteiger partial charge in [-0.3, -0.25) is 19.2 Å². The highest BCUT2D eigenvalue weighted by Crippen LogP contribution is 2.29. The van der Waals surface area contributed by atoms with Crippen LogP contribution in [0.25, 0.3) is 0 Å². The molecule has 0 bridgehead atoms. The first kappa shape index (κ1) is 53.3. The minimum Gasteiger partial charge on any atom is -0.493 e. The number of benzene rings is 2. The van der Waals surface area contributed by atoms with Crippen molar-refractivity contribution in [1.82, 2.24) is 25.9 Å². The fraction of sp³-hybridized carbons (Fsp3) is 0.532. The lowest BCUT2D eigenvalue weighted by molar-refractivity contribution is -0.123. The molecule has 1 fully saturated rings. The van der Waals surface area contributed by atoms with Crippen molar-refractivity contribution in [2.75, 3.05) is 87.6 Å². The van der Waals surface area contributed by atoms with Crippen molar-refractivity contribution in [2.45, 2.75) is 88.5 Å². The zero-order chi connectivity index (χ0) is 47.2. The van der Waals surface area contributed by atoms with E-state index in [0.717, 1.165) is 48.4 Å². The van der Waals surface area contributed by atoms with Crippen LogP contribution >= 0.6 is 11.8 Å². The lowest BCUT2D eigenvalue weighted by Crippen LogP contribution is -2.43. The number of nitrogens with two attached hydrogens (primary N) is 2. The quantitative estimate of drug-likeness (QED) is 0.0295. The second kappa shape index (κ2) is 31.6. The molecule has 3 atom stereocenters. The molecule has 362 valence electrons. The van der Waals surface area contributed by atoms with Gasteiger partial charge in [-0.1, -0.05) is 25.1 Å². The zero-order valence-electron chi connectivity index (χ0n) is 38.3. The number of hydrogen-bond acceptors (Lipinski definition) is 15. The molecule has 0 aliphatic carbocycles. The predicted octanol–water partition coefficient (Wildman–Crippen LogP) is 4.84. The van der Waals surface area contributed by atoms with E-state index in [0.29, 0.717) is 120 Å². The van der Waals surface area contributed by atoms with Crippen LogP contribution in [0.5, 0.6) is 5.75 Å². The third-order valence-electron chi connectivity index (χ3n) is 10.2. The normalized spacial score (nSPS) is 15.4. The predicted molar refractivity (Wildman–Crippen MR) is 260 cm³/mol. The summed E-state index contributed by atoms with van der Waals surface area (Å²) in [6.07, 6.45) is 9.34. The average molecular weight is 935 g/mol. The van der Waals surface area contributed by atoms with Crippen molar-refractivity contribution < 1.29 is 38.1 Å². The number of nitrogens with one attached hydrogen (secondary N) is 6. The molecule has 0 saturated carbocycles. The van der Waals surface area contributed by atoms with Crippen LogP contribution in [-0.4, -0.2) is 123 Å². The van der Waals surface area contributed by atoms with Gasteiger partial charge in [0.05, 0.1) is 33.0 Å². The minimum atomic E-state index is -0.295. The maximum atomic E-state index is 12.3. The number of amides is 4. The molecule has 66 heavy (non-hydrogen) atoms. The van der Waals surface area contributed by atoms with Crippen molar-refractivity contribution in [3.63, 3.8) is 0 Å². The Labute approximate surface area is 393 Å². The Kier molecular flexibility index (Phi) is 25.5. The number of aromatic nitrogens is 2. The number of anilines is 5. The molecule has 2 heterocycles. The van der Waals surface area contributed by atoms with Gasteiger partial charge in [-0.2, -0.15) is 16.7 Å². The second-order valence-electron chi connectivity index (χ2n) is 15.8. The molecule has 2 aromatic carbocycles. The third kappa shape index (κ3) is 22.3. The van der Waals surface area contributed by atoms with Gasteiger partial charge in [-0.25, -0.2) is 4.98 Å². The largest absolute Gasteiger partial charge is 0.493 e. The molecular formula is C47H70N10O8S. The van der Waals surface area contributed by atoms with E-state index in [9.17, 15) is 19.2 Å². The van der Waals surface area contributed by atoms with Crippen LogP contribution in [0.1, 0.15) is 69.8 Å². The zero-order valence-corrected chi connectivity index (χ0v) is 39.1. The summed E-state index contributed by atoms with van der Waals surface area (Å²) >= 11 is 1.85. The number of unbranched alkanes of at least 4 members (excludes halogenated alkanes) is 1. The van der Waals surface area contributed by atoms with E-state index in [-0.39, 0.29) is 48.6 Å². The fourth-order valence-corrected chi connectivity index (χ4v) is 8.03. The van der Waals surface area contributed by atoms with Crippen molar-refractivity contribution in [3.8, 4) is 5.75 Å². The van der Waals surface area contributed by atoms with Crippen molar-refractivity contribution in [3.05, 3.63) is 72.9 Å². The summed E-state index contributed by atoms with van der Waals surface area (Å²) < 4.78 is 22.6. The summed E-state index contributed by atoms with van der Waals surface area (Å²) in [5, 5.41) is 18.3. The topological polar surface area (TPSA) is 255 Å². The molecule has 3 unspecified atom stereocenters. The molecule has 0 radical (unpaired) electrons. The van der Waals surface area contributed by atoms with Crippen LogP contribution in [-0.2, 0) is 33.4 Å². The van der Waals surface area contributed by atoms with E-state index < -0.39 is 0 Å². The molecule has 4 rings (SSSR count). The van der Waals surface area contributed by atoms with Gasteiger partial charge in [0.1, 0.15) is 11.6 Å². The molecule has 0 spiro atoms. The number of rotatable bonds is 34. The van der Waals surface area contributed by atoms with Crippen LogP contribution in [0.2, 0.25) is 0 Å². The summed E-state index contributed by atoms with van der Waals surface area (Å²) in [4.78, 5) is 57.3. The summed E-state index contributed by atoms with van der Waals surface area (Å²) in [5.74, 6) is 2.15. The van der Waals surface area contributed by atoms with Crippen LogP contribution in [0.4, 0.5) is 28.8 Å². The van der Waals surface area contributed by atoms with Gasteiger partial charge in [0, 0.05) is 110 Å². The first-order valence-electron chi connectivity index (χ1n) is 22.9. The molecule has 1 aliphatic heterocycles. The number of hydrogen-bond donors (Lipinski definition) is 8. The number of aryl methyl sites for hydroxylation is 1. The van der Waals surface area contributed by atoms with E-state index in [1.165, 1.54) is 6.08 Å². The Morgan fingerprint density at radius 1 is 0.727 bits per heavy atom. The smallest absolute Gasteiger partial charge is 0.247 e. The number of nitrogens with zero attached hydrogens (tertiary/aromatic N) is 2. The van der Waals surface area contributed by atoms with E-state index in [1.54, 1.807) is 18.3 Å². The van der Waals surface area contributed by atoms with E-state index in [2.05, 4.69) is 48.4 Å². The van der Waals surface area contributed by atoms with Crippen LogP contribution < -0.4 is 48.1 Å². The Morgan fingerprint density at radius 3 is 1.92 bits per heavy atom. The number of carbonyl (C=O) groups excluding carboxylic acids is 4. The van der Waals surface area contributed by atoms with Gasteiger partial charge in [0.15, 0.2) is 0 Å². The number of carbonyl (C=O) groups is 4. The molecule has 19 heteroatoms. The molecular weight excluding hydrogens is 865 g/mol. The van der Waals surface area contributed by atoms with E-state index in [4.69, 9.17) is 30.4 Å². The minimum absolute atomic E-state index is 0.0616. The molecule has 1 saturated heterocycles. The van der Waals surface area contributed by atoms with Crippen molar-refractivity contribution in [1.29, 1.82) is 0 Å². The maximum Gasteiger partial charge on any atom is 0.247 e. The molecule has 10 N–H and O–H groups in total. The highest BCUT2D eigenvalue weighted by Gasteiger charge is 2.30. The average Bonchev–Trinajstić information content (AvgIpc) is 3.62. The standard InChI is InChI=1S/C47H70N10O8S/c1-3-41(58)54-35-12-6-13-36(30-35)55-46-34(2)32-53-47(57-46)56-37-14-7-15-38(31-37)65-25-11-22-52-44(61)19-8-18-43(60)51-21-10-24-63-27-29-64-28-26-62-23-9-20-50-42(59)17-5-4-16-40-45(49)39(48)33-66-40/h3,6-7,12-15,30-32,39-40,45H,1,4-5,8-11,16-29,33,48-49H2,2H3,(H,50,59)(H,51,60)(H,52,61)(H,54,58)(H2,53,55,56,57). The van der Waals surface area contributed by atoms with Crippen LogP contribution in [0.3, 0.4) is 0 Å². The third-order valence-corrected chi connectivity index (χ3v) is 11.8. The van der Waals surface area contributed by atoms with Gasteiger partial charge in [-0.05, 0) is 81.9 Å². The Morgan fingerprint density at radius 2 is 1.30 bits per heavy atom. The van der Waals surface area contributed by atoms with Gasteiger partial charge >= 0.3 is 0 Å². The highest BCUT2D eigenvalue weighted by atomic mass is 32.2. The maximum absolute atomic E-state index is 12.3.